The molecule has 3 aromatic rings. The lowest BCUT2D eigenvalue weighted by Crippen LogP contribution is -2.30. The Morgan fingerprint density at radius 2 is 2.00 bits per heavy atom. The lowest BCUT2D eigenvalue weighted by molar-refractivity contribution is 0.397. The monoisotopic (exact) mass is 359 g/mol. The van der Waals surface area contributed by atoms with Crippen LogP contribution in [0.15, 0.2) is 47.4 Å². The van der Waals surface area contributed by atoms with E-state index in [0.717, 1.165) is 35.7 Å². The zero-order valence-corrected chi connectivity index (χ0v) is 14.8. The zero-order chi connectivity index (χ0) is 16.7. The van der Waals surface area contributed by atoms with E-state index in [0.29, 0.717) is 17.6 Å². The summed E-state index contributed by atoms with van der Waals surface area (Å²) in [6, 6.07) is 13.1. The SMILES string of the molecule is Cc1cccc([C@@H]2CCCN2S(=O)(=O)c2cccc3nsnc23)c1. The Hall–Kier alpha value is -1.83. The fraction of sp³-hybridized carbons (Fsp3) is 0.294. The van der Waals surface area contributed by atoms with Gasteiger partial charge in [-0.15, -0.1) is 0 Å². The first-order chi connectivity index (χ1) is 11.6. The minimum atomic E-state index is -3.61. The van der Waals surface area contributed by atoms with E-state index in [1.165, 1.54) is 0 Å². The lowest BCUT2D eigenvalue weighted by atomic mass is 10.0. The lowest BCUT2D eigenvalue weighted by Gasteiger charge is -2.24. The predicted octanol–water partition coefficient (Wildman–Crippen LogP) is 3.53. The van der Waals surface area contributed by atoms with Crippen molar-refractivity contribution in [2.24, 2.45) is 0 Å². The van der Waals surface area contributed by atoms with Crippen molar-refractivity contribution in [2.75, 3.05) is 6.54 Å². The Labute approximate surface area is 145 Å². The molecule has 0 aliphatic carbocycles. The van der Waals surface area contributed by atoms with Crippen LogP contribution in [0.25, 0.3) is 11.0 Å². The number of hydrogen-bond donors (Lipinski definition) is 0. The van der Waals surface area contributed by atoms with E-state index in [9.17, 15) is 8.42 Å². The van der Waals surface area contributed by atoms with Gasteiger partial charge in [0, 0.05) is 6.54 Å². The molecule has 0 bridgehead atoms. The van der Waals surface area contributed by atoms with Gasteiger partial charge in [0.05, 0.1) is 17.8 Å². The quantitative estimate of drug-likeness (QED) is 0.718. The Bertz CT molecular complexity index is 998. The number of hydrogen-bond acceptors (Lipinski definition) is 5. The van der Waals surface area contributed by atoms with E-state index in [-0.39, 0.29) is 10.9 Å². The average Bonchev–Trinajstić information content (AvgIpc) is 3.23. The molecule has 1 fully saturated rings. The highest BCUT2D eigenvalue weighted by Crippen LogP contribution is 2.38. The van der Waals surface area contributed by atoms with Crippen LogP contribution in [0.3, 0.4) is 0 Å². The van der Waals surface area contributed by atoms with Crippen molar-refractivity contribution in [1.29, 1.82) is 0 Å². The van der Waals surface area contributed by atoms with E-state index in [1.807, 2.05) is 25.1 Å². The van der Waals surface area contributed by atoms with Gasteiger partial charge in [0.15, 0.2) is 0 Å². The molecular formula is C17H17N3O2S2. The maximum Gasteiger partial charge on any atom is 0.245 e. The van der Waals surface area contributed by atoms with Crippen molar-refractivity contribution in [3.63, 3.8) is 0 Å². The van der Waals surface area contributed by atoms with Gasteiger partial charge in [-0.1, -0.05) is 35.9 Å². The van der Waals surface area contributed by atoms with E-state index in [4.69, 9.17) is 0 Å². The summed E-state index contributed by atoms with van der Waals surface area (Å²) < 4.78 is 36.5. The van der Waals surface area contributed by atoms with E-state index in [2.05, 4.69) is 14.8 Å². The molecule has 0 saturated carbocycles. The van der Waals surface area contributed by atoms with Crippen molar-refractivity contribution < 1.29 is 8.42 Å². The van der Waals surface area contributed by atoms with Crippen molar-refractivity contribution >= 4 is 32.8 Å². The van der Waals surface area contributed by atoms with E-state index < -0.39 is 10.0 Å². The Morgan fingerprint density at radius 3 is 2.83 bits per heavy atom. The number of aryl methyl sites for hydroxylation is 1. The fourth-order valence-corrected chi connectivity index (χ4v) is 5.79. The van der Waals surface area contributed by atoms with Crippen LogP contribution in [0.5, 0.6) is 0 Å². The first-order valence-corrected chi connectivity index (χ1v) is 10.0. The maximum atomic E-state index is 13.3. The minimum Gasteiger partial charge on any atom is -0.207 e. The Balaban J connectivity index is 1.80. The van der Waals surface area contributed by atoms with Gasteiger partial charge in [0.25, 0.3) is 0 Å². The molecule has 124 valence electrons. The standard InChI is InChI=1S/C17H17N3O2S2/c1-12-5-2-6-13(11-12)15-8-4-10-20(15)24(21,22)16-9-3-7-14-17(16)19-23-18-14/h2-3,5-7,9,11,15H,4,8,10H2,1H3/t15-/m0/s1. The van der Waals surface area contributed by atoms with Gasteiger partial charge in [0.2, 0.25) is 10.0 Å². The molecule has 0 unspecified atom stereocenters. The largest absolute Gasteiger partial charge is 0.245 e. The fourth-order valence-electron chi connectivity index (χ4n) is 3.35. The number of benzene rings is 2. The van der Waals surface area contributed by atoms with Gasteiger partial charge in [-0.3, -0.25) is 0 Å². The van der Waals surface area contributed by atoms with Gasteiger partial charge in [-0.25, -0.2) is 8.42 Å². The van der Waals surface area contributed by atoms with Crippen LogP contribution < -0.4 is 0 Å². The van der Waals surface area contributed by atoms with E-state index in [1.54, 1.807) is 22.5 Å². The summed E-state index contributed by atoms with van der Waals surface area (Å²) in [4.78, 5) is 0.258. The van der Waals surface area contributed by atoms with Crippen LogP contribution in [0.2, 0.25) is 0 Å². The van der Waals surface area contributed by atoms with Crippen molar-refractivity contribution in [1.82, 2.24) is 13.1 Å². The second-order valence-corrected chi connectivity index (χ2v) is 8.46. The normalized spacial score (nSPS) is 19.1. The van der Waals surface area contributed by atoms with Crippen molar-refractivity contribution in [2.45, 2.75) is 30.7 Å². The molecule has 1 aliphatic heterocycles. The zero-order valence-electron chi connectivity index (χ0n) is 13.2. The third-order valence-corrected chi connectivity index (χ3v) is 6.95. The molecule has 0 spiro atoms. The summed E-state index contributed by atoms with van der Waals surface area (Å²) in [6.45, 7) is 2.56. The molecule has 1 atom stereocenters. The molecule has 24 heavy (non-hydrogen) atoms. The molecule has 1 aromatic heterocycles. The molecule has 0 N–H and O–H groups in total. The summed E-state index contributed by atoms with van der Waals surface area (Å²) in [5, 5.41) is 0. The van der Waals surface area contributed by atoms with Gasteiger partial charge in [-0.05, 0) is 37.5 Å². The molecule has 1 saturated heterocycles. The highest BCUT2D eigenvalue weighted by molar-refractivity contribution is 7.89. The predicted molar refractivity (Wildman–Crippen MR) is 94.5 cm³/mol. The number of rotatable bonds is 3. The topological polar surface area (TPSA) is 63.2 Å². The van der Waals surface area contributed by atoms with Crippen LogP contribution >= 0.6 is 11.7 Å². The molecule has 2 aromatic carbocycles. The second kappa shape index (κ2) is 5.91. The number of aromatic nitrogens is 2. The van der Waals surface area contributed by atoms with Gasteiger partial charge in [-0.2, -0.15) is 13.1 Å². The smallest absolute Gasteiger partial charge is 0.207 e. The second-order valence-electron chi connectivity index (χ2n) is 6.08. The van der Waals surface area contributed by atoms with Crippen LogP contribution in [0, 0.1) is 6.92 Å². The minimum absolute atomic E-state index is 0.114. The number of fused-ring (bicyclic) bond motifs is 1. The van der Waals surface area contributed by atoms with Crippen molar-refractivity contribution in [3.05, 3.63) is 53.6 Å². The van der Waals surface area contributed by atoms with Crippen LogP contribution in [0.4, 0.5) is 0 Å². The number of nitrogens with zero attached hydrogens (tertiary/aromatic N) is 3. The summed E-state index contributed by atoms with van der Waals surface area (Å²) in [5.74, 6) is 0. The van der Waals surface area contributed by atoms with Crippen molar-refractivity contribution in [3.8, 4) is 0 Å². The molecule has 2 heterocycles. The molecule has 0 amide bonds. The molecule has 0 radical (unpaired) electrons. The van der Waals surface area contributed by atoms with E-state index >= 15 is 0 Å². The van der Waals surface area contributed by atoms with Crippen LogP contribution in [-0.4, -0.2) is 28.0 Å². The molecule has 5 nitrogen and oxygen atoms in total. The summed E-state index contributed by atoms with van der Waals surface area (Å²) in [5.41, 5.74) is 3.30. The first-order valence-electron chi connectivity index (χ1n) is 7.87. The molecular weight excluding hydrogens is 342 g/mol. The third-order valence-electron chi connectivity index (χ3n) is 4.47. The maximum absolute atomic E-state index is 13.3. The summed E-state index contributed by atoms with van der Waals surface area (Å²) in [7, 11) is -3.61. The van der Waals surface area contributed by atoms with Gasteiger partial charge < -0.3 is 0 Å². The van der Waals surface area contributed by atoms with Gasteiger partial charge in [0.1, 0.15) is 15.9 Å². The highest BCUT2D eigenvalue weighted by Gasteiger charge is 2.37. The Kier molecular flexibility index (Phi) is 3.86. The first kappa shape index (κ1) is 15.7. The Morgan fingerprint density at radius 1 is 1.17 bits per heavy atom. The molecule has 7 heteroatoms. The molecule has 1 aliphatic rings. The summed E-state index contributed by atoms with van der Waals surface area (Å²) >= 11 is 1.04. The highest BCUT2D eigenvalue weighted by atomic mass is 32.2. The summed E-state index contributed by atoms with van der Waals surface area (Å²) in [6.07, 6.45) is 1.71. The van der Waals surface area contributed by atoms with Crippen LogP contribution in [0.1, 0.15) is 30.0 Å². The third kappa shape index (κ3) is 2.53. The number of sulfonamides is 1. The average molecular weight is 359 g/mol. The van der Waals surface area contributed by atoms with Gasteiger partial charge >= 0.3 is 0 Å². The molecule has 4 rings (SSSR count). The van der Waals surface area contributed by atoms with Crippen LogP contribution in [-0.2, 0) is 10.0 Å².